The van der Waals surface area contributed by atoms with Crippen LogP contribution in [0.5, 0.6) is 0 Å². The summed E-state index contributed by atoms with van der Waals surface area (Å²) in [7, 11) is 0.275. The van der Waals surface area contributed by atoms with Crippen molar-refractivity contribution < 1.29 is 8.42 Å². The molecule has 0 atom stereocenters. The molecule has 0 aromatic heterocycles. The van der Waals surface area contributed by atoms with Crippen molar-refractivity contribution in [1.29, 1.82) is 0 Å². The van der Waals surface area contributed by atoms with Crippen molar-refractivity contribution in [2.24, 2.45) is 4.99 Å². The van der Waals surface area contributed by atoms with E-state index in [-0.39, 0.29) is 5.75 Å². The standard InChI is InChI=1S/C11H26N4O2S2/c1-5-19(16,17)15(3)9-6-7-13-11(12-2)14-8-10-18-4/h5-10H2,1-4H3,(H2,12,13,14). The van der Waals surface area contributed by atoms with Crippen molar-refractivity contribution in [1.82, 2.24) is 14.9 Å². The van der Waals surface area contributed by atoms with Gasteiger partial charge >= 0.3 is 0 Å². The van der Waals surface area contributed by atoms with E-state index in [1.807, 2.05) is 0 Å². The van der Waals surface area contributed by atoms with Crippen molar-refractivity contribution in [2.45, 2.75) is 13.3 Å². The van der Waals surface area contributed by atoms with Crippen molar-refractivity contribution in [2.75, 3.05) is 51.5 Å². The molecule has 0 amide bonds. The molecule has 0 aromatic rings. The van der Waals surface area contributed by atoms with Crippen molar-refractivity contribution in [3.05, 3.63) is 0 Å². The van der Waals surface area contributed by atoms with Gasteiger partial charge in [0.1, 0.15) is 0 Å². The Morgan fingerprint density at radius 2 is 1.95 bits per heavy atom. The smallest absolute Gasteiger partial charge is 0.213 e. The molecule has 0 heterocycles. The summed E-state index contributed by atoms with van der Waals surface area (Å²) in [6, 6.07) is 0. The number of hydrogen-bond acceptors (Lipinski definition) is 4. The maximum absolute atomic E-state index is 11.5. The maximum Gasteiger partial charge on any atom is 0.213 e. The molecule has 0 aliphatic rings. The van der Waals surface area contributed by atoms with E-state index in [2.05, 4.69) is 21.9 Å². The highest BCUT2D eigenvalue weighted by Gasteiger charge is 2.13. The lowest BCUT2D eigenvalue weighted by Gasteiger charge is -2.16. The fraction of sp³-hybridized carbons (Fsp3) is 0.909. The van der Waals surface area contributed by atoms with Crippen LogP contribution < -0.4 is 10.6 Å². The predicted molar refractivity (Wildman–Crippen MR) is 84.5 cm³/mol. The quantitative estimate of drug-likeness (QED) is 0.361. The van der Waals surface area contributed by atoms with Crippen LogP contribution >= 0.6 is 11.8 Å². The first-order chi connectivity index (χ1) is 8.97. The summed E-state index contributed by atoms with van der Waals surface area (Å²) in [5.74, 6) is 1.93. The fourth-order valence-electron chi connectivity index (χ4n) is 1.36. The van der Waals surface area contributed by atoms with E-state index in [1.165, 1.54) is 4.31 Å². The zero-order chi connectivity index (χ0) is 14.7. The molecule has 0 spiro atoms. The van der Waals surface area contributed by atoms with Gasteiger partial charge in [-0.15, -0.1) is 0 Å². The number of guanidine groups is 1. The molecule has 0 rings (SSSR count). The topological polar surface area (TPSA) is 73.8 Å². The number of nitrogens with one attached hydrogen (secondary N) is 2. The second kappa shape index (κ2) is 10.3. The monoisotopic (exact) mass is 310 g/mol. The number of rotatable bonds is 9. The van der Waals surface area contributed by atoms with E-state index in [0.717, 1.165) is 24.7 Å². The molecule has 0 saturated carbocycles. The first kappa shape index (κ1) is 18.5. The Morgan fingerprint density at radius 1 is 1.32 bits per heavy atom. The maximum atomic E-state index is 11.5. The number of sulfonamides is 1. The third kappa shape index (κ3) is 8.33. The van der Waals surface area contributed by atoms with Gasteiger partial charge in [0.2, 0.25) is 10.0 Å². The highest BCUT2D eigenvalue weighted by Crippen LogP contribution is 1.98. The third-order valence-corrected chi connectivity index (χ3v) is 5.08. The minimum Gasteiger partial charge on any atom is -0.356 e. The van der Waals surface area contributed by atoms with E-state index in [0.29, 0.717) is 13.1 Å². The molecule has 0 bridgehead atoms. The molecule has 0 radical (unpaired) electrons. The molecule has 0 fully saturated rings. The van der Waals surface area contributed by atoms with Crippen molar-refractivity contribution >= 4 is 27.7 Å². The van der Waals surface area contributed by atoms with E-state index in [1.54, 1.807) is 32.8 Å². The fourth-order valence-corrected chi connectivity index (χ4v) is 2.51. The van der Waals surface area contributed by atoms with Gasteiger partial charge in [-0.1, -0.05) is 0 Å². The van der Waals surface area contributed by atoms with E-state index in [9.17, 15) is 8.42 Å². The van der Waals surface area contributed by atoms with Crippen LogP contribution in [0.25, 0.3) is 0 Å². The lowest BCUT2D eigenvalue weighted by Crippen LogP contribution is -2.40. The normalized spacial score (nSPS) is 12.8. The average Bonchev–Trinajstić information content (AvgIpc) is 2.41. The summed E-state index contributed by atoms with van der Waals surface area (Å²) in [5, 5.41) is 6.35. The zero-order valence-electron chi connectivity index (χ0n) is 12.3. The molecule has 6 nitrogen and oxygen atoms in total. The average molecular weight is 310 g/mol. The van der Waals surface area contributed by atoms with Crippen LogP contribution in [-0.4, -0.2) is 70.2 Å². The van der Waals surface area contributed by atoms with Crippen LogP contribution in [0.1, 0.15) is 13.3 Å². The van der Waals surface area contributed by atoms with Gasteiger partial charge in [-0.2, -0.15) is 11.8 Å². The number of hydrogen-bond donors (Lipinski definition) is 2. The molecule has 0 aliphatic carbocycles. The van der Waals surface area contributed by atoms with E-state index in [4.69, 9.17) is 0 Å². The van der Waals surface area contributed by atoms with Gasteiger partial charge in [-0.25, -0.2) is 12.7 Å². The summed E-state index contributed by atoms with van der Waals surface area (Å²) < 4.78 is 24.5. The summed E-state index contributed by atoms with van der Waals surface area (Å²) >= 11 is 1.77. The summed E-state index contributed by atoms with van der Waals surface area (Å²) in [4.78, 5) is 4.09. The Morgan fingerprint density at radius 3 is 2.47 bits per heavy atom. The van der Waals surface area contributed by atoms with E-state index < -0.39 is 10.0 Å². The van der Waals surface area contributed by atoms with Gasteiger partial charge < -0.3 is 10.6 Å². The Bertz CT molecular complexity index is 358. The lowest BCUT2D eigenvalue weighted by atomic mass is 10.4. The van der Waals surface area contributed by atoms with Crippen LogP contribution in [0.2, 0.25) is 0 Å². The highest BCUT2D eigenvalue weighted by atomic mass is 32.2. The lowest BCUT2D eigenvalue weighted by molar-refractivity contribution is 0.461. The first-order valence-electron chi connectivity index (χ1n) is 6.35. The van der Waals surface area contributed by atoms with Gasteiger partial charge in [-0.3, -0.25) is 4.99 Å². The number of nitrogens with zero attached hydrogens (tertiary/aromatic N) is 2. The number of aliphatic imine (C=N–C) groups is 1. The Kier molecular flexibility index (Phi) is 10.1. The van der Waals surface area contributed by atoms with Gasteiger partial charge in [0.15, 0.2) is 5.96 Å². The van der Waals surface area contributed by atoms with Crippen LogP contribution in [0, 0.1) is 0 Å². The highest BCUT2D eigenvalue weighted by molar-refractivity contribution is 7.98. The molecule has 0 unspecified atom stereocenters. The minimum absolute atomic E-state index is 0.148. The summed E-state index contributed by atoms with van der Waals surface area (Å²) in [6.07, 6.45) is 2.81. The summed E-state index contributed by atoms with van der Waals surface area (Å²) in [5.41, 5.74) is 0. The minimum atomic E-state index is -3.07. The molecule has 0 saturated heterocycles. The largest absolute Gasteiger partial charge is 0.356 e. The van der Waals surface area contributed by atoms with Crippen molar-refractivity contribution in [3.8, 4) is 0 Å². The molecule has 0 aliphatic heterocycles. The SMILES string of the molecule is CCS(=O)(=O)N(C)CCCNC(=NC)NCCSC. The zero-order valence-corrected chi connectivity index (χ0v) is 13.9. The Labute approximate surface area is 121 Å². The Balaban J connectivity index is 3.84. The first-order valence-corrected chi connectivity index (χ1v) is 9.35. The van der Waals surface area contributed by atoms with Crippen molar-refractivity contribution in [3.63, 3.8) is 0 Å². The van der Waals surface area contributed by atoms with Crippen LogP contribution in [0.4, 0.5) is 0 Å². The molecule has 0 aromatic carbocycles. The molecular weight excluding hydrogens is 284 g/mol. The molecule has 19 heavy (non-hydrogen) atoms. The Hall–Kier alpha value is -0.470. The molecular formula is C11H26N4O2S2. The molecule has 2 N–H and O–H groups in total. The van der Waals surface area contributed by atoms with E-state index >= 15 is 0 Å². The predicted octanol–water partition coefficient (Wildman–Crippen LogP) is 0.186. The summed E-state index contributed by atoms with van der Waals surface area (Å²) in [6.45, 7) is 3.74. The van der Waals surface area contributed by atoms with Crippen LogP contribution in [-0.2, 0) is 10.0 Å². The van der Waals surface area contributed by atoms with Gasteiger partial charge in [0.05, 0.1) is 5.75 Å². The van der Waals surface area contributed by atoms with Crippen LogP contribution in [0.3, 0.4) is 0 Å². The van der Waals surface area contributed by atoms with Crippen LogP contribution in [0.15, 0.2) is 4.99 Å². The molecule has 8 heteroatoms. The van der Waals surface area contributed by atoms with Gasteiger partial charge in [0, 0.05) is 39.5 Å². The third-order valence-electron chi connectivity index (χ3n) is 2.60. The number of thioether (sulfide) groups is 1. The second-order valence-corrected chi connectivity index (χ2v) is 7.34. The van der Waals surface area contributed by atoms with Gasteiger partial charge in [-0.05, 0) is 19.6 Å². The second-order valence-electron chi connectivity index (χ2n) is 3.99. The van der Waals surface area contributed by atoms with Gasteiger partial charge in [0.25, 0.3) is 0 Å². The molecule has 114 valence electrons.